The highest BCUT2D eigenvalue weighted by molar-refractivity contribution is 8.50. The molecule has 0 aliphatic carbocycles. The number of hydrogen-bond donors (Lipinski definition) is 1. The third-order valence-corrected chi connectivity index (χ3v) is 6.44. The van der Waals surface area contributed by atoms with E-state index >= 15 is 0 Å². The van der Waals surface area contributed by atoms with Crippen LogP contribution in [0.3, 0.4) is 0 Å². The monoisotopic (exact) mass is 315 g/mol. The summed E-state index contributed by atoms with van der Waals surface area (Å²) in [5.41, 5.74) is 0. The van der Waals surface area contributed by atoms with E-state index in [1.165, 1.54) is 0 Å². The molecule has 0 saturated carbocycles. The van der Waals surface area contributed by atoms with Gasteiger partial charge in [-0.3, -0.25) is 0 Å². The van der Waals surface area contributed by atoms with Gasteiger partial charge in [-0.25, -0.2) is 4.52 Å². The summed E-state index contributed by atoms with van der Waals surface area (Å²) in [7, 11) is -2.48. The van der Waals surface area contributed by atoms with Gasteiger partial charge in [-0.15, -0.1) is 0 Å². The highest BCUT2D eigenvalue weighted by Crippen LogP contribution is 2.57. The van der Waals surface area contributed by atoms with Crippen molar-refractivity contribution < 1.29 is 17.8 Å². The fourth-order valence-corrected chi connectivity index (χ4v) is 4.98. The second-order valence-electron chi connectivity index (χ2n) is 4.21. The second kappa shape index (κ2) is 9.70. The van der Waals surface area contributed by atoms with E-state index in [2.05, 4.69) is 12.2 Å². The second-order valence-corrected chi connectivity index (χ2v) is 12.7. The van der Waals surface area contributed by atoms with Gasteiger partial charge in [0.2, 0.25) is 0 Å². The Morgan fingerprint density at radius 3 is 1.72 bits per heavy atom. The van der Waals surface area contributed by atoms with Gasteiger partial charge in [0.05, 0.1) is 19.9 Å². The predicted octanol–water partition coefficient (Wildman–Crippen LogP) is 3.48. The van der Waals surface area contributed by atoms with Crippen LogP contribution in [0.25, 0.3) is 0 Å². The first kappa shape index (κ1) is 18.8. The molecule has 0 bridgehead atoms. The van der Waals surface area contributed by atoms with Crippen LogP contribution in [-0.4, -0.2) is 48.6 Å². The molecular weight excluding hydrogens is 287 g/mol. The molecule has 0 aromatic rings. The fraction of sp³-hybridized carbons (Fsp3) is 1.00. The summed E-state index contributed by atoms with van der Waals surface area (Å²) in [6.45, 7) is 11.1. The summed E-state index contributed by atoms with van der Waals surface area (Å²) >= 11 is 4.43. The first-order valence-corrected chi connectivity index (χ1v) is 12.2. The molecule has 0 saturated heterocycles. The molecule has 18 heavy (non-hydrogen) atoms. The van der Waals surface area contributed by atoms with E-state index in [0.29, 0.717) is 26.4 Å². The Labute approximate surface area is 119 Å². The van der Waals surface area contributed by atoms with Gasteiger partial charge in [-0.05, 0) is 27.2 Å². The number of hydrogen-bond acceptors (Lipinski definition) is 5. The number of rotatable bonds is 11. The third kappa shape index (κ3) is 8.86. The Morgan fingerprint density at radius 1 is 0.944 bits per heavy atom. The van der Waals surface area contributed by atoms with E-state index in [1.54, 1.807) is 0 Å². The van der Waals surface area contributed by atoms with Crippen LogP contribution >= 0.6 is 18.9 Å². The van der Waals surface area contributed by atoms with Crippen molar-refractivity contribution in [2.75, 3.05) is 39.8 Å². The van der Waals surface area contributed by atoms with Crippen LogP contribution in [0.1, 0.15) is 27.2 Å². The van der Waals surface area contributed by atoms with Gasteiger partial charge in [0.25, 0.3) is 0 Å². The minimum absolute atomic E-state index is 0.623. The van der Waals surface area contributed by atoms with E-state index in [-0.39, 0.29) is 0 Å². The zero-order chi connectivity index (χ0) is 14.1. The van der Waals surface area contributed by atoms with Crippen LogP contribution in [0.5, 0.6) is 0 Å². The molecule has 0 aliphatic heterocycles. The van der Waals surface area contributed by atoms with Gasteiger partial charge in [0.15, 0.2) is 6.69 Å². The zero-order valence-corrected chi connectivity index (χ0v) is 15.1. The average molecular weight is 315 g/mol. The maximum absolute atomic E-state index is 5.77. The Hall–Kier alpha value is 0.837. The third-order valence-electron chi connectivity index (χ3n) is 2.13. The Balaban J connectivity index is 4.21. The molecule has 0 aromatic carbocycles. The van der Waals surface area contributed by atoms with Crippen molar-refractivity contribution in [3.63, 3.8) is 0 Å². The minimum atomic E-state index is -2.48. The molecule has 4 nitrogen and oxygen atoms in total. The van der Waals surface area contributed by atoms with Crippen LogP contribution in [0.4, 0.5) is 0 Å². The average Bonchev–Trinajstić information content (AvgIpc) is 2.24. The zero-order valence-electron chi connectivity index (χ0n) is 12.3. The van der Waals surface area contributed by atoms with Crippen LogP contribution in [-0.2, 0) is 17.8 Å². The molecule has 0 fully saturated rings. The quantitative estimate of drug-likeness (QED) is 0.274. The maximum atomic E-state index is 5.77. The van der Waals surface area contributed by atoms with Crippen molar-refractivity contribution in [2.24, 2.45) is 0 Å². The van der Waals surface area contributed by atoms with E-state index in [4.69, 9.17) is 17.8 Å². The summed E-state index contributed by atoms with van der Waals surface area (Å²) in [6, 6.07) is 0.802. The topological polar surface area (TPSA) is 36.9 Å². The molecule has 0 amide bonds. The summed E-state index contributed by atoms with van der Waals surface area (Å²) < 4.78 is 23.0. The van der Waals surface area contributed by atoms with Crippen LogP contribution in [0.15, 0.2) is 0 Å². The Bertz CT molecular complexity index is 197. The van der Waals surface area contributed by atoms with E-state index in [9.17, 15) is 0 Å². The van der Waals surface area contributed by atoms with Gasteiger partial charge in [0.1, 0.15) is 0 Å². The van der Waals surface area contributed by atoms with Gasteiger partial charge in [-0.2, -0.15) is 0 Å². The highest BCUT2D eigenvalue weighted by atomic mass is 32.7. The largest absolute Gasteiger partial charge is 0.501 e. The smallest absolute Gasteiger partial charge is 0.374 e. The standard InChI is InChI=1S/C11H28O4PSSi/c1-6-13-18(14-7-2,15-8-3)11-9-10-12-16(4,5)17/h17H,6-11H2,1-5H3/q+1. The first-order chi connectivity index (χ1) is 8.39. The molecule has 0 aliphatic rings. The predicted molar refractivity (Wildman–Crippen MR) is 83.8 cm³/mol. The summed E-state index contributed by atoms with van der Waals surface area (Å²) in [5.74, 6) is 0. The van der Waals surface area contributed by atoms with Crippen molar-refractivity contribution in [2.45, 2.75) is 33.2 Å². The van der Waals surface area contributed by atoms with Crippen molar-refractivity contribution in [3.05, 3.63) is 0 Å². The van der Waals surface area contributed by atoms with Crippen LogP contribution in [0, 0.1) is 0 Å². The van der Waals surface area contributed by atoms with Gasteiger partial charge >= 0.3 is 8.80 Å². The van der Waals surface area contributed by atoms with Gasteiger partial charge in [0, 0.05) is 38.1 Å². The summed E-state index contributed by atoms with van der Waals surface area (Å²) in [4.78, 5) is 0. The normalized spacial score (nSPS) is 13.0. The molecule has 0 unspecified atom stereocenters. The minimum Gasteiger partial charge on any atom is -0.374 e. The van der Waals surface area contributed by atoms with Gasteiger partial charge < -0.3 is 13.3 Å². The van der Waals surface area contributed by atoms with Crippen molar-refractivity contribution >= 4 is 27.7 Å². The lowest BCUT2D eigenvalue weighted by atomic mass is 10.5. The number of thiol groups is 1. The molecule has 7 heteroatoms. The molecule has 0 spiro atoms. The molecule has 0 heterocycles. The van der Waals surface area contributed by atoms with Crippen molar-refractivity contribution in [3.8, 4) is 0 Å². The SMILES string of the molecule is CCO[Si](CCCO[P+](C)(C)S)(OCC)OCC. The van der Waals surface area contributed by atoms with Crippen LogP contribution in [0.2, 0.25) is 6.04 Å². The molecule has 0 rings (SSSR count). The summed E-state index contributed by atoms with van der Waals surface area (Å²) in [6.07, 6.45) is 0.885. The van der Waals surface area contributed by atoms with Crippen molar-refractivity contribution in [1.82, 2.24) is 0 Å². The molecule has 0 radical (unpaired) electrons. The summed E-state index contributed by atoms with van der Waals surface area (Å²) in [5, 5.41) is 0. The lowest BCUT2D eigenvalue weighted by Gasteiger charge is -2.28. The van der Waals surface area contributed by atoms with E-state index < -0.39 is 15.5 Å². The molecule has 0 atom stereocenters. The lowest BCUT2D eigenvalue weighted by Crippen LogP contribution is -2.46. The van der Waals surface area contributed by atoms with E-state index in [0.717, 1.165) is 12.5 Å². The van der Waals surface area contributed by atoms with Gasteiger partial charge in [-0.1, -0.05) is 0 Å². The molecule has 110 valence electrons. The molecule has 0 N–H and O–H groups in total. The highest BCUT2D eigenvalue weighted by Gasteiger charge is 2.40. The Kier molecular flexibility index (Phi) is 10.1. The van der Waals surface area contributed by atoms with Crippen molar-refractivity contribution in [1.29, 1.82) is 0 Å². The lowest BCUT2D eigenvalue weighted by molar-refractivity contribution is 0.0698. The molecular formula is C11H28O4PSSi+. The Morgan fingerprint density at radius 2 is 1.39 bits per heavy atom. The van der Waals surface area contributed by atoms with E-state index in [1.807, 2.05) is 34.1 Å². The maximum Gasteiger partial charge on any atom is 0.501 e. The first-order valence-electron chi connectivity index (χ1n) is 6.52. The van der Waals surface area contributed by atoms with Crippen LogP contribution < -0.4 is 0 Å². The molecule has 0 aromatic heterocycles. The fourth-order valence-electron chi connectivity index (χ4n) is 1.58.